The summed E-state index contributed by atoms with van der Waals surface area (Å²) in [5.74, 6) is 0.134. The van der Waals surface area contributed by atoms with E-state index in [1.807, 2.05) is 18.3 Å². The first-order valence-corrected chi connectivity index (χ1v) is 5.63. The molecule has 0 saturated heterocycles. The summed E-state index contributed by atoms with van der Waals surface area (Å²) >= 11 is 0. The maximum atomic E-state index is 11.6. The van der Waals surface area contributed by atoms with Crippen LogP contribution in [-0.4, -0.2) is 10.4 Å². The molecule has 1 aromatic carbocycles. The van der Waals surface area contributed by atoms with Gasteiger partial charge >= 0.3 is 0 Å². The van der Waals surface area contributed by atoms with E-state index in [2.05, 4.69) is 31.4 Å². The Morgan fingerprint density at radius 2 is 2.00 bits per heavy atom. The molecule has 0 unspecified atom stereocenters. The molecule has 0 spiro atoms. The Labute approximate surface area is 95.9 Å². The van der Waals surface area contributed by atoms with Gasteiger partial charge in [-0.1, -0.05) is 18.2 Å². The molecule has 0 amide bonds. The first kappa shape index (κ1) is 10.9. The minimum absolute atomic E-state index is 0.134. The SMILES string of the molecule is CC(=O)c1cn(C(C)C)c2c(C)cccc12. The van der Waals surface area contributed by atoms with Gasteiger partial charge < -0.3 is 4.57 Å². The molecule has 2 rings (SSSR count). The lowest BCUT2D eigenvalue weighted by molar-refractivity contribution is 0.101. The Kier molecular flexibility index (Phi) is 2.58. The van der Waals surface area contributed by atoms with Crippen molar-refractivity contribution in [1.82, 2.24) is 4.57 Å². The number of fused-ring (bicyclic) bond motifs is 1. The zero-order valence-electron chi connectivity index (χ0n) is 10.2. The summed E-state index contributed by atoms with van der Waals surface area (Å²) in [6, 6.07) is 6.49. The average molecular weight is 215 g/mol. The fourth-order valence-electron chi connectivity index (χ4n) is 2.18. The van der Waals surface area contributed by atoms with Gasteiger partial charge in [0, 0.05) is 23.2 Å². The number of benzene rings is 1. The molecule has 16 heavy (non-hydrogen) atoms. The van der Waals surface area contributed by atoms with Crippen LogP contribution in [0.4, 0.5) is 0 Å². The van der Waals surface area contributed by atoms with Crippen molar-refractivity contribution in [3.05, 3.63) is 35.5 Å². The van der Waals surface area contributed by atoms with Crippen LogP contribution in [0.15, 0.2) is 24.4 Å². The van der Waals surface area contributed by atoms with Crippen LogP contribution < -0.4 is 0 Å². The van der Waals surface area contributed by atoms with Gasteiger partial charge in [-0.05, 0) is 33.3 Å². The molecule has 2 aromatic rings. The van der Waals surface area contributed by atoms with Crippen molar-refractivity contribution in [3.63, 3.8) is 0 Å². The number of rotatable bonds is 2. The van der Waals surface area contributed by atoms with E-state index in [9.17, 15) is 4.79 Å². The predicted molar refractivity (Wildman–Crippen MR) is 67.1 cm³/mol. The van der Waals surface area contributed by atoms with Crippen molar-refractivity contribution in [3.8, 4) is 0 Å². The zero-order valence-corrected chi connectivity index (χ0v) is 10.2. The second-order valence-corrected chi connectivity index (χ2v) is 4.57. The van der Waals surface area contributed by atoms with E-state index in [1.54, 1.807) is 6.92 Å². The molecule has 1 aromatic heterocycles. The van der Waals surface area contributed by atoms with Crippen LogP contribution in [0.3, 0.4) is 0 Å². The molecule has 0 radical (unpaired) electrons. The highest BCUT2D eigenvalue weighted by Gasteiger charge is 2.14. The van der Waals surface area contributed by atoms with Crippen LogP contribution in [0.5, 0.6) is 0 Å². The quantitative estimate of drug-likeness (QED) is 0.699. The van der Waals surface area contributed by atoms with Gasteiger partial charge in [0.1, 0.15) is 0 Å². The van der Waals surface area contributed by atoms with Gasteiger partial charge in [-0.15, -0.1) is 0 Å². The molecule has 0 aliphatic rings. The molecule has 0 atom stereocenters. The lowest BCUT2D eigenvalue weighted by Crippen LogP contribution is -1.99. The number of aryl methyl sites for hydroxylation is 1. The summed E-state index contributed by atoms with van der Waals surface area (Å²) in [7, 11) is 0. The number of aromatic nitrogens is 1. The second-order valence-electron chi connectivity index (χ2n) is 4.57. The largest absolute Gasteiger partial charge is 0.344 e. The average Bonchev–Trinajstić information content (AvgIpc) is 2.58. The number of carbonyl (C=O) groups is 1. The van der Waals surface area contributed by atoms with Crippen molar-refractivity contribution < 1.29 is 4.79 Å². The standard InChI is InChI=1S/C14H17NO/c1-9(2)15-8-13(11(4)16)12-7-5-6-10(3)14(12)15/h5-9H,1-4H3. The number of hydrogen-bond donors (Lipinski definition) is 0. The van der Waals surface area contributed by atoms with E-state index in [-0.39, 0.29) is 5.78 Å². The fourth-order valence-corrected chi connectivity index (χ4v) is 2.18. The van der Waals surface area contributed by atoms with E-state index < -0.39 is 0 Å². The number of carbonyl (C=O) groups excluding carboxylic acids is 1. The van der Waals surface area contributed by atoms with Crippen LogP contribution in [0, 0.1) is 6.92 Å². The summed E-state index contributed by atoms with van der Waals surface area (Å²) < 4.78 is 2.18. The number of nitrogens with zero attached hydrogens (tertiary/aromatic N) is 1. The predicted octanol–water partition coefficient (Wildman–Crippen LogP) is 3.73. The maximum Gasteiger partial charge on any atom is 0.161 e. The van der Waals surface area contributed by atoms with Gasteiger partial charge in [-0.2, -0.15) is 0 Å². The van der Waals surface area contributed by atoms with Crippen molar-refractivity contribution in [2.24, 2.45) is 0 Å². The van der Waals surface area contributed by atoms with E-state index in [0.29, 0.717) is 6.04 Å². The van der Waals surface area contributed by atoms with Crippen LogP contribution in [-0.2, 0) is 0 Å². The van der Waals surface area contributed by atoms with E-state index in [0.717, 1.165) is 10.9 Å². The molecule has 0 bridgehead atoms. The van der Waals surface area contributed by atoms with Crippen molar-refractivity contribution in [2.45, 2.75) is 33.7 Å². The normalized spacial score (nSPS) is 11.3. The van der Waals surface area contributed by atoms with Crippen molar-refractivity contribution in [1.29, 1.82) is 0 Å². The van der Waals surface area contributed by atoms with Gasteiger partial charge in [-0.3, -0.25) is 4.79 Å². The molecule has 0 fully saturated rings. The topological polar surface area (TPSA) is 22.0 Å². The van der Waals surface area contributed by atoms with Crippen LogP contribution in [0.25, 0.3) is 10.9 Å². The maximum absolute atomic E-state index is 11.6. The van der Waals surface area contributed by atoms with Gasteiger partial charge in [0.15, 0.2) is 5.78 Å². The Bertz CT molecular complexity index is 549. The van der Waals surface area contributed by atoms with Gasteiger partial charge in [0.25, 0.3) is 0 Å². The van der Waals surface area contributed by atoms with Crippen LogP contribution in [0.1, 0.15) is 42.7 Å². The van der Waals surface area contributed by atoms with Gasteiger partial charge in [0.2, 0.25) is 0 Å². The number of hydrogen-bond acceptors (Lipinski definition) is 1. The summed E-state index contributed by atoms with van der Waals surface area (Å²) in [5, 5.41) is 1.07. The molecular formula is C14H17NO. The first-order chi connectivity index (χ1) is 7.52. The zero-order chi connectivity index (χ0) is 11.9. The number of Topliss-reactive ketones (excluding diaryl/α,β-unsaturated/α-hetero) is 1. The second kappa shape index (κ2) is 3.78. The molecule has 0 aliphatic carbocycles. The minimum Gasteiger partial charge on any atom is -0.344 e. The Morgan fingerprint density at radius 1 is 1.31 bits per heavy atom. The van der Waals surface area contributed by atoms with Crippen molar-refractivity contribution >= 4 is 16.7 Å². The molecular weight excluding hydrogens is 198 g/mol. The third kappa shape index (κ3) is 1.54. The number of ketones is 1. The summed E-state index contributed by atoms with van der Waals surface area (Å²) in [6.45, 7) is 7.98. The Balaban J connectivity index is 2.87. The molecule has 84 valence electrons. The number of para-hydroxylation sites is 1. The van der Waals surface area contributed by atoms with Crippen LogP contribution >= 0.6 is 0 Å². The minimum atomic E-state index is 0.134. The third-order valence-corrected chi connectivity index (χ3v) is 2.99. The van der Waals surface area contributed by atoms with E-state index in [1.165, 1.54) is 11.1 Å². The summed E-state index contributed by atoms with van der Waals surface area (Å²) in [5.41, 5.74) is 3.23. The fraction of sp³-hybridized carbons (Fsp3) is 0.357. The van der Waals surface area contributed by atoms with E-state index in [4.69, 9.17) is 0 Å². The third-order valence-electron chi connectivity index (χ3n) is 2.99. The highest BCUT2D eigenvalue weighted by Crippen LogP contribution is 2.27. The summed E-state index contributed by atoms with van der Waals surface area (Å²) in [4.78, 5) is 11.6. The monoisotopic (exact) mass is 215 g/mol. The van der Waals surface area contributed by atoms with E-state index >= 15 is 0 Å². The lowest BCUT2D eigenvalue weighted by atomic mass is 10.1. The summed E-state index contributed by atoms with van der Waals surface area (Å²) in [6.07, 6.45) is 1.98. The molecule has 0 aliphatic heterocycles. The van der Waals surface area contributed by atoms with Crippen LogP contribution in [0.2, 0.25) is 0 Å². The molecule has 0 N–H and O–H groups in total. The lowest BCUT2D eigenvalue weighted by Gasteiger charge is -2.10. The molecule has 1 heterocycles. The highest BCUT2D eigenvalue weighted by molar-refractivity contribution is 6.07. The first-order valence-electron chi connectivity index (χ1n) is 5.63. The van der Waals surface area contributed by atoms with Gasteiger partial charge in [-0.25, -0.2) is 0 Å². The van der Waals surface area contributed by atoms with Crippen molar-refractivity contribution in [2.75, 3.05) is 0 Å². The Hall–Kier alpha value is -1.57. The molecule has 0 saturated carbocycles. The Morgan fingerprint density at radius 3 is 2.56 bits per heavy atom. The van der Waals surface area contributed by atoms with Gasteiger partial charge in [0.05, 0.1) is 5.52 Å². The molecule has 2 nitrogen and oxygen atoms in total. The molecule has 2 heteroatoms. The smallest absolute Gasteiger partial charge is 0.161 e. The highest BCUT2D eigenvalue weighted by atomic mass is 16.1.